The predicted octanol–water partition coefficient (Wildman–Crippen LogP) is 2.13. The highest BCUT2D eigenvalue weighted by Gasteiger charge is 2.49. The van der Waals surface area contributed by atoms with E-state index >= 15 is 0 Å². The molecular weight excluding hydrogens is 297 g/mol. The van der Waals surface area contributed by atoms with E-state index in [4.69, 9.17) is 9.47 Å². The highest BCUT2D eigenvalue weighted by molar-refractivity contribution is 5.87. The van der Waals surface area contributed by atoms with Crippen LogP contribution in [0.4, 0.5) is 10.1 Å². The Balaban J connectivity index is 1.51. The molecule has 0 bridgehead atoms. The molecule has 5 nitrogen and oxygen atoms in total. The maximum absolute atomic E-state index is 14.2. The summed E-state index contributed by atoms with van der Waals surface area (Å²) >= 11 is 0. The van der Waals surface area contributed by atoms with Crippen molar-refractivity contribution >= 4 is 16.7 Å². The largest absolute Gasteiger partial charge is 0.380 e. The van der Waals surface area contributed by atoms with Crippen LogP contribution in [0.1, 0.15) is 25.5 Å². The molecule has 3 saturated heterocycles. The number of rotatable bonds is 2. The van der Waals surface area contributed by atoms with Crippen molar-refractivity contribution in [2.45, 2.75) is 25.5 Å². The van der Waals surface area contributed by atoms with Gasteiger partial charge in [-0.05, 0) is 12.8 Å². The summed E-state index contributed by atoms with van der Waals surface area (Å²) < 4.78 is 27.4. The lowest BCUT2D eigenvalue weighted by Gasteiger charge is -2.55. The van der Waals surface area contributed by atoms with Crippen LogP contribution in [-0.2, 0) is 9.47 Å². The summed E-state index contributed by atoms with van der Waals surface area (Å²) in [5.74, 6) is -0.192. The van der Waals surface area contributed by atoms with Gasteiger partial charge < -0.3 is 14.4 Å². The van der Waals surface area contributed by atoms with Crippen molar-refractivity contribution in [3.05, 3.63) is 24.3 Å². The number of fused-ring (bicyclic) bond motifs is 1. The second-order valence-corrected chi connectivity index (χ2v) is 7.17. The van der Waals surface area contributed by atoms with Crippen LogP contribution in [-0.4, -0.2) is 37.9 Å². The van der Waals surface area contributed by atoms with Crippen molar-refractivity contribution in [3.8, 4) is 0 Å². The first-order chi connectivity index (χ1) is 11.2. The number of aromatic amines is 1. The fourth-order valence-corrected chi connectivity index (χ4v) is 4.07. The first-order valence-electron chi connectivity index (χ1n) is 8.40. The van der Waals surface area contributed by atoms with E-state index < -0.39 is 0 Å². The number of hydrogen-bond acceptors (Lipinski definition) is 3. The normalized spacial score (nSPS) is 26.3. The van der Waals surface area contributed by atoms with Crippen LogP contribution in [0.3, 0.4) is 0 Å². The summed E-state index contributed by atoms with van der Waals surface area (Å²) in [5, 5.41) is 0. The summed E-state index contributed by atoms with van der Waals surface area (Å²) in [5.41, 5.74) is 3.15. The van der Waals surface area contributed by atoms with Crippen LogP contribution in [0.25, 0.3) is 11.0 Å². The van der Waals surface area contributed by atoms with Crippen molar-refractivity contribution in [1.29, 1.82) is 0 Å². The van der Waals surface area contributed by atoms with Crippen LogP contribution in [0.5, 0.6) is 0 Å². The molecule has 122 valence electrons. The Kier molecular flexibility index (Phi) is 2.94. The molecule has 0 aliphatic carbocycles. The monoisotopic (exact) mass is 318 g/mol. The third kappa shape index (κ3) is 2.08. The average Bonchev–Trinajstić information content (AvgIpc) is 2.89. The predicted molar refractivity (Wildman–Crippen MR) is 82.8 cm³/mol. The Bertz CT molecular complexity index is 742. The minimum atomic E-state index is -0.192. The molecule has 3 fully saturated rings. The Morgan fingerprint density at radius 2 is 2.13 bits per heavy atom. The lowest BCUT2D eigenvalue weighted by atomic mass is 9.77. The van der Waals surface area contributed by atoms with Crippen LogP contribution in [0, 0.1) is 11.2 Å². The average molecular weight is 318 g/mol. The molecule has 2 aromatic rings. The quantitative estimate of drug-likeness (QED) is 0.863. The van der Waals surface area contributed by atoms with Crippen molar-refractivity contribution in [2.75, 3.05) is 37.8 Å². The summed E-state index contributed by atoms with van der Waals surface area (Å²) in [7, 11) is 0. The highest BCUT2D eigenvalue weighted by Crippen LogP contribution is 2.42. The molecule has 5 rings (SSSR count). The summed E-state index contributed by atoms with van der Waals surface area (Å²) in [6.45, 7) is 4.35. The SMILES string of the molecule is Fc1cc(N2CC3(COC3)C2)c2[nH]c[n+](C3CCCCO3)c2c1. The molecule has 1 aromatic heterocycles. The molecule has 23 heavy (non-hydrogen) atoms. The van der Waals surface area contributed by atoms with Crippen LogP contribution in [0.15, 0.2) is 18.5 Å². The van der Waals surface area contributed by atoms with E-state index in [0.717, 1.165) is 68.9 Å². The molecule has 1 spiro atoms. The van der Waals surface area contributed by atoms with Crippen LogP contribution in [0.2, 0.25) is 0 Å². The van der Waals surface area contributed by atoms with Gasteiger partial charge in [0.15, 0.2) is 11.0 Å². The molecule has 3 aliphatic rings. The standard InChI is InChI=1S/C17H20FN3O2/c18-12-5-13(20-7-17(8-20)9-22-10-17)16-14(6-12)21(11-19-16)15-3-1-2-4-23-15/h5-6,11,15H,1-4,7-10H2/p+1. The second-order valence-electron chi connectivity index (χ2n) is 7.17. The second kappa shape index (κ2) is 4.92. The van der Waals surface area contributed by atoms with Crippen molar-refractivity contribution in [2.24, 2.45) is 5.41 Å². The van der Waals surface area contributed by atoms with E-state index in [1.54, 1.807) is 12.1 Å². The highest BCUT2D eigenvalue weighted by atomic mass is 19.1. The third-order valence-corrected chi connectivity index (χ3v) is 5.36. The molecule has 0 radical (unpaired) electrons. The lowest BCUT2D eigenvalue weighted by Crippen LogP contribution is -2.66. The zero-order chi connectivity index (χ0) is 15.4. The van der Waals surface area contributed by atoms with E-state index in [9.17, 15) is 4.39 Å². The Morgan fingerprint density at radius 1 is 1.26 bits per heavy atom. The van der Waals surface area contributed by atoms with Gasteiger partial charge in [-0.1, -0.05) is 0 Å². The number of aromatic nitrogens is 2. The zero-order valence-corrected chi connectivity index (χ0v) is 13.1. The zero-order valence-electron chi connectivity index (χ0n) is 13.1. The van der Waals surface area contributed by atoms with Gasteiger partial charge in [0.05, 0.1) is 30.9 Å². The maximum Gasteiger partial charge on any atom is 0.244 e. The number of benzene rings is 1. The Hall–Kier alpha value is -1.66. The van der Waals surface area contributed by atoms with Gasteiger partial charge in [-0.2, -0.15) is 0 Å². The molecule has 1 N–H and O–H groups in total. The Morgan fingerprint density at radius 3 is 2.83 bits per heavy atom. The number of ether oxygens (including phenoxy) is 2. The van der Waals surface area contributed by atoms with Crippen molar-refractivity contribution in [1.82, 2.24) is 4.98 Å². The van der Waals surface area contributed by atoms with E-state index in [0.29, 0.717) is 5.41 Å². The van der Waals surface area contributed by atoms with Gasteiger partial charge in [0.1, 0.15) is 5.82 Å². The number of imidazole rings is 1. The number of H-pyrrole nitrogens is 1. The smallest absolute Gasteiger partial charge is 0.244 e. The van der Waals surface area contributed by atoms with Gasteiger partial charge in [0, 0.05) is 31.6 Å². The maximum atomic E-state index is 14.2. The van der Waals surface area contributed by atoms with Crippen molar-refractivity contribution < 1.29 is 18.4 Å². The summed E-state index contributed by atoms with van der Waals surface area (Å²) in [4.78, 5) is 5.58. The lowest BCUT2D eigenvalue weighted by molar-refractivity contribution is -0.743. The number of anilines is 1. The fourth-order valence-electron chi connectivity index (χ4n) is 4.07. The fraction of sp³-hybridized carbons (Fsp3) is 0.588. The van der Waals surface area contributed by atoms with Gasteiger partial charge in [-0.3, -0.25) is 0 Å². The molecular formula is C17H21FN3O2+. The number of halogens is 1. The number of nitrogens with zero attached hydrogens (tertiary/aromatic N) is 2. The van der Waals surface area contributed by atoms with Gasteiger partial charge in [-0.25, -0.2) is 13.9 Å². The molecule has 0 amide bonds. The van der Waals surface area contributed by atoms with E-state index in [2.05, 4.69) is 9.88 Å². The first-order valence-corrected chi connectivity index (χ1v) is 8.40. The van der Waals surface area contributed by atoms with E-state index in [1.807, 2.05) is 10.9 Å². The molecule has 1 unspecified atom stereocenters. The molecule has 6 heteroatoms. The van der Waals surface area contributed by atoms with Crippen molar-refractivity contribution in [3.63, 3.8) is 0 Å². The number of nitrogens with one attached hydrogen (secondary N) is 1. The minimum absolute atomic E-state index is 0.00918. The molecule has 4 heterocycles. The van der Waals surface area contributed by atoms with Gasteiger partial charge in [-0.15, -0.1) is 0 Å². The molecule has 0 saturated carbocycles. The number of hydrogen-bond donors (Lipinski definition) is 1. The minimum Gasteiger partial charge on any atom is -0.380 e. The third-order valence-electron chi connectivity index (χ3n) is 5.36. The first kappa shape index (κ1) is 13.7. The topological polar surface area (TPSA) is 41.4 Å². The van der Waals surface area contributed by atoms with Gasteiger partial charge in [0.2, 0.25) is 12.6 Å². The van der Waals surface area contributed by atoms with E-state index in [-0.39, 0.29) is 12.0 Å². The van der Waals surface area contributed by atoms with Gasteiger partial charge in [0.25, 0.3) is 0 Å². The molecule has 1 atom stereocenters. The summed E-state index contributed by atoms with van der Waals surface area (Å²) in [6.07, 6.45) is 5.17. The summed E-state index contributed by atoms with van der Waals surface area (Å²) in [6, 6.07) is 3.24. The molecule has 3 aliphatic heterocycles. The van der Waals surface area contributed by atoms with Crippen LogP contribution >= 0.6 is 0 Å². The Labute approximate surface area is 134 Å². The van der Waals surface area contributed by atoms with Crippen LogP contribution < -0.4 is 9.47 Å². The van der Waals surface area contributed by atoms with E-state index in [1.165, 1.54) is 0 Å². The van der Waals surface area contributed by atoms with Gasteiger partial charge >= 0.3 is 0 Å². The molecule has 1 aromatic carbocycles.